The highest BCUT2D eigenvalue weighted by atomic mass is 33.1. The Morgan fingerprint density at radius 1 is 0.508 bits per heavy atom. The van der Waals surface area contributed by atoms with E-state index in [1.165, 1.54) is 30.7 Å². The number of ether oxygens (including phenoxy) is 11. The summed E-state index contributed by atoms with van der Waals surface area (Å²) in [6.07, 6.45) is 7.62. The van der Waals surface area contributed by atoms with Crippen molar-refractivity contribution in [3.8, 4) is 0 Å². The maximum atomic E-state index is 11.9. The Balaban J connectivity index is 1.13. The minimum Gasteiger partial charge on any atom is -0.377 e. The lowest BCUT2D eigenvalue weighted by molar-refractivity contribution is -0.137. The van der Waals surface area contributed by atoms with E-state index in [2.05, 4.69) is 10.6 Å². The molecule has 1 unspecified atom stereocenters. The van der Waals surface area contributed by atoms with Crippen LogP contribution in [0.4, 0.5) is 0 Å². The predicted octanol–water partition coefficient (Wildman–Crippen LogP) is 1.43. The fourth-order valence-electron chi connectivity index (χ4n) is 5.09. The van der Waals surface area contributed by atoms with Crippen LogP contribution in [0.1, 0.15) is 38.5 Å². The molecule has 342 valence electrons. The first-order valence-corrected chi connectivity index (χ1v) is 23.1. The summed E-state index contributed by atoms with van der Waals surface area (Å²) >= 11 is 0. The third-order valence-electron chi connectivity index (χ3n) is 8.23. The van der Waals surface area contributed by atoms with Crippen LogP contribution < -0.4 is 10.6 Å². The Labute approximate surface area is 357 Å². The monoisotopic (exact) mass is 883 g/mol. The summed E-state index contributed by atoms with van der Waals surface area (Å²) in [6, 6.07) is 0. The summed E-state index contributed by atoms with van der Waals surface area (Å²) in [4.78, 5) is 47.7. The molecule has 59 heavy (non-hydrogen) atoms. The summed E-state index contributed by atoms with van der Waals surface area (Å²) in [7, 11) is 3.96. The highest BCUT2D eigenvalue weighted by Gasteiger charge is 2.23. The van der Waals surface area contributed by atoms with Crippen LogP contribution in [0.2, 0.25) is 0 Å². The first-order valence-electron chi connectivity index (χ1n) is 20.8. The first-order chi connectivity index (χ1) is 29.1. The summed E-state index contributed by atoms with van der Waals surface area (Å²) < 4.78 is 60.2. The van der Waals surface area contributed by atoms with E-state index in [1.54, 1.807) is 0 Å². The molecule has 4 amide bonds. The molecule has 0 aliphatic carbocycles. The van der Waals surface area contributed by atoms with Gasteiger partial charge in [0, 0.05) is 55.6 Å². The van der Waals surface area contributed by atoms with Gasteiger partial charge in [0.15, 0.2) is 0 Å². The third-order valence-corrected chi connectivity index (χ3v) is 11.2. The molecule has 0 aromatic rings. The van der Waals surface area contributed by atoms with Crippen LogP contribution >= 0.6 is 21.6 Å². The smallest absolute Gasteiger partial charge is 0.253 e. The van der Waals surface area contributed by atoms with Gasteiger partial charge >= 0.3 is 0 Å². The number of imide groups is 1. The van der Waals surface area contributed by atoms with Crippen molar-refractivity contribution in [1.29, 1.82) is 0 Å². The quantitative estimate of drug-likeness (QED) is 0.0506. The largest absolute Gasteiger partial charge is 0.377 e. The van der Waals surface area contributed by atoms with E-state index < -0.39 is 11.8 Å². The number of carbonyl (C=O) groups excluding carboxylic acids is 4. The van der Waals surface area contributed by atoms with Crippen molar-refractivity contribution in [3.05, 3.63) is 12.2 Å². The number of nitrogens with zero attached hydrogens (tertiary/aromatic N) is 1. The lowest BCUT2D eigenvalue weighted by Gasteiger charge is -2.13. The number of carbonyl (C=O) groups is 4. The van der Waals surface area contributed by atoms with Gasteiger partial charge in [-0.3, -0.25) is 24.1 Å². The Kier molecular flexibility index (Phi) is 36.2. The average molecular weight is 884 g/mol. The zero-order chi connectivity index (χ0) is 42.1. The molecule has 20 heteroatoms. The van der Waals surface area contributed by atoms with Gasteiger partial charge in [-0.25, -0.2) is 0 Å². The number of hydrogen-bond donors (Lipinski definition) is 2. The Morgan fingerprint density at radius 3 is 1.19 bits per heavy atom. The van der Waals surface area contributed by atoms with Crippen molar-refractivity contribution in [1.82, 2.24) is 15.5 Å². The number of nitrogens with one attached hydrogen (secondary N) is 2. The van der Waals surface area contributed by atoms with Gasteiger partial charge in [0.05, 0.1) is 145 Å². The van der Waals surface area contributed by atoms with Crippen molar-refractivity contribution in [3.63, 3.8) is 0 Å². The number of amides is 4. The van der Waals surface area contributed by atoms with E-state index >= 15 is 0 Å². The van der Waals surface area contributed by atoms with E-state index in [0.717, 1.165) is 23.0 Å². The minimum absolute atomic E-state index is 0.0499. The Bertz CT molecular complexity index is 1070. The zero-order valence-corrected chi connectivity index (χ0v) is 36.4. The molecule has 2 rings (SSSR count). The molecule has 1 fully saturated rings. The number of unbranched alkanes of at least 4 members (excludes halogenated alkanes) is 1. The van der Waals surface area contributed by atoms with Gasteiger partial charge in [0.25, 0.3) is 11.8 Å². The number of rotatable bonds is 44. The predicted molar refractivity (Wildman–Crippen MR) is 222 cm³/mol. The molecule has 1 atom stereocenters. The Morgan fingerprint density at radius 2 is 0.847 bits per heavy atom. The fourth-order valence-corrected chi connectivity index (χ4v) is 8.12. The van der Waals surface area contributed by atoms with Crippen LogP contribution in [0, 0.1) is 0 Å². The SMILES string of the molecule is O=C(CCCCC1CCSS1)NCCOCCOCCOCCOCCOCCOCCOCCOCCOCCOCCOCCNC(=O)CCN1C(=O)C=CC1=O. The van der Waals surface area contributed by atoms with Crippen molar-refractivity contribution in [2.45, 2.75) is 43.8 Å². The molecule has 0 saturated carbocycles. The van der Waals surface area contributed by atoms with Gasteiger partial charge in [0.1, 0.15) is 0 Å². The van der Waals surface area contributed by atoms with E-state index in [0.29, 0.717) is 165 Å². The normalized spacial score (nSPS) is 15.2. The molecule has 0 radical (unpaired) electrons. The van der Waals surface area contributed by atoms with Crippen molar-refractivity contribution in [2.75, 3.05) is 171 Å². The second-order valence-corrected chi connectivity index (χ2v) is 15.7. The highest BCUT2D eigenvalue weighted by Crippen LogP contribution is 2.39. The van der Waals surface area contributed by atoms with Crippen molar-refractivity contribution < 1.29 is 71.3 Å². The molecule has 0 spiro atoms. The van der Waals surface area contributed by atoms with Crippen LogP contribution in [0.5, 0.6) is 0 Å². The molecule has 2 aliphatic heterocycles. The summed E-state index contributed by atoms with van der Waals surface area (Å²) in [6.45, 7) is 11.0. The summed E-state index contributed by atoms with van der Waals surface area (Å²) in [5.41, 5.74) is 0. The molecule has 0 bridgehead atoms. The molecule has 2 N–H and O–H groups in total. The van der Waals surface area contributed by atoms with Gasteiger partial charge < -0.3 is 62.7 Å². The van der Waals surface area contributed by atoms with Crippen molar-refractivity contribution >= 4 is 45.2 Å². The highest BCUT2D eigenvalue weighted by molar-refractivity contribution is 8.77. The fraction of sp³-hybridized carbons (Fsp3) is 0.846. The van der Waals surface area contributed by atoms with Gasteiger partial charge in [-0.15, -0.1) is 0 Å². The molecular formula is C39H69N3O15S2. The third kappa shape index (κ3) is 33.4. The lowest BCUT2D eigenvalue weighted by Crippen LogP contribution is -2.35. The molecule has 0 aromatic heterocycles. The van der Waals surface area contributed by atoms with Crippen LogP contribution in [-0.4, -0.2) is 205 Å². The first kappa shape index (κ1) is 53.2. The molecule has 2 aliphatic rings. The minimum atomic E-state index is -0.399. The van der Waals surface area contributed by atoms with Crippen molar-refractivity contribution in [2.24, 2.45) is 0 Å². The van der Waals surface area contributed by atoms with Crippen LogP contribution in [-0.2, 0) is 71.3 Å². The van der Waals surface area contributed by atoms with Crippen LogP contribution in [0.3, 0.4) is 0 Å². The molecular weight excluding hydrogens is 815 g/mol. The van der Waals surface area contributed by atoms with Gasteiger partial charge in [-0.2, -0.15) is 0 Å². The van der Waals surface area contributed by atoms with Crippen LogP contribution in [0.25, 0.3) is 0 Å². The van der Waals surface area contributed by atoms with Gasteiger partial charge in [-0.1, -0.05) is 28.0 Å². The van der Waals surface area contributed by atoms with E-state index in [9.17, 15) is 19.2 Å². The topological polar surface area (TPSA) is 197 Å². The molecule has 2 heterocycles. The lowest BCUT2D eigenvalue weighted by atomic mass is 10.1. The Hall–Kier alpha value is -1.92. The maximum Gasteiger partial charge on any atom is 0.253 e. The molecule has 18 nitrogen and oxygen atoms in total. The average Bonchev–Trinajstić information content (AvgIpc) is 3.88. The summed E-state index contributed by atoms with van der Waals surface area (Å²) in [5.74, 6) is 0.308. The molecule has 0 aromatic carbocycles. The van der Waals surface area contributed by atoms with Gasteiger partial charge in [0.2, 0.25) is 11.8 Å². The van der Waals surface area contributed by atoms with E-state index in [-0.39, 0.29) is 24.8 Å². The number of hydrogen-bond acceptors (Lipinski definition) is 17. The molecule has 1 saturated heterocycles. The van der Waals surface area contributed by atoms with Crippen LogP contribution in [0.15, 0.2) is 12.2 Å². The maximum absolute atomic E-state index is 11.9. The second kappa shape index (κ2) is 40.2. The zero-order valence-electron chi connectivity index (χ0n) is 34.7. The van der Waals surface area contributed by atoms with E-state index in [1.807, 2.05) is 21.6 Å². The summed E-state index contributed by atoms with van der Waals surface area (Å²) in [5, 5.41) is 6.37. The second-order valence-electron chi connectivity index (χ2n) is 12.9. The van der Waals surface area contributed by atoms with Gasteiger partial charge in [-0.05, 0) is 19.3 Å². The standard InChI is InChI=1S/C39H69N3O15S2/c43-36(4-2-1-3-35-8-34-58-59-35)40-9-12-47-14-16-49-18-20-51-22-24-53-26-28-55-30-32-57-33-31-56-29-27-54-25-23-52-21-19-50-17-15-48-13-10-41-37(44)7-11-42-38(45)5-6-39(42)46/h5-6,35H,1-4,7-34H2,(H,40,43)(H,41,44). The van der Waals surface area contributed by atoms with E-state index in [4.69, 9.17) is 52.1 Å².